The summed E-state index contributed by atoms with van der Waals surface area (Å²) in [6.07, 6.45) is -4.58. The number of fused-ring (bicyclic) bond motifs is 1. The number of hydrogen-bond acceptors (Lipinski definition) is 5. The normalized spacial score (nSPS) is 11.4. The fourth-order valence-corrected chi connectivity index (χ4v) is 4.49. The lowest BCUT2D eigenvalue weighted by Crippen LogP contribution is -2.36. The molecule has 152 valence electrons. The Bertz CT molecular complexity index is 1000. The number of nitrogens with zero attached hydrogens (tertiary/aromatic N) is 2. The zero-order chi connectivity index (χ0) is 21.0. The number of para-hydroxylation sites is 2. The van der Waals surface area contributed by atoms with Gasteiger partial charge in [0.1, 0.15) is 0 Å². The summed E-state index contributed by atoms with van der Waals surface area (Å²) >= 11 is 2.72. The standard InChI is InChI=1S/C19H16F3N3O2S2/c1-25(10-16(26)23-13-7-3-2-6-12(13)19(20,21)22)17(27)11-28-18-24-14-8-4-5-9-15(14)29-18/h2-9H,10-11H2,1H3,(H,23,26). The van der Waals surface area contributed by atoms with E-state index in [0.29, 0.717) is 0 Å². The van der Waals surface area contributed by atoms with Crippen LogP contribution in [0.15, 0.2) is 52.9 Å². The summed E-state index contributed by atoms with van der Waals surface area (Å²) < 4.78 is 40.8. The average molecular weight is 439 g/mol. The topological polar surface area (TPSA) is 62.3 Å². The van der Waals surface area contributed by atoms with Crippen LogP contribution in [0, 0.1) is 0 Å². The SMILES string of the molecule is CN(CC(=O)Nc1ccccc1C(F)(F)F)C(=O)CSc1nc2ccccc2s1. The molecule has 1 heterocycles. The lowest BCUT2D eigenvalue weighted by atomic mass is 10.1. The first kappa shape index (κ1) is 21.1. The molecule has 29 heavy (non-hydrogen) atoms. The molecule has 10 heteroatoms. The van der Waals surface area contributed by atoms with Crippen LogP contribution in [-0.2, 0) is 15.8 Å². The van der Waals surface area contributed by atoms with Crippen molar-refractivity contribution in [1.82, 2.24) is 9.88 Å². The Morgan fingerprint density at radius 3 is 2.55 bits per heavy atom. The molecule has 0 unspecified atom stereocenters. The Morgan fingerprint density at radius 1 is 1.14 bits per heavy atom. The van der Waals surface area contributed by atoms with Gasteiger partial charge in [-0.15, -0.1) is 11.3 Å². The van der Waals surface area contributed by atoms with Gasteiger partial charge in [0, 0.05) is 7.05 Å². The molecule has 0 aliphatic rings. The number of amides is 2. The van der Waals surface area contributed by atoms with Crippen molar-refractivity contribution in [3.8, 4) is 0 Å². The third kappa shape index (κ3) is 5.48. The lowest BCUT2D eigenvalue weighted by Gasteiger charge is -2.18. The van der Waals surface area contributed by atoms with Gasteiger partial charge in [-0.05, 0) is 24.3 Å². The Morgan fingerprint density at radius 2 is 1.83 bits per heavy atom. The summed E-state index contributed by atoms with van der Waals surface area (Å²) in [5.74, 6) is -0.959. The van der Waals surface area contributed by atoms with Crippen LogP contribution in [-0.4, -0.2) is 41.0 Å². The maximum absolute atomic E-state index is 13.0. The van der Waals surface area contributed by atoms with Crippen LogP contribution in [0.2, 0.25) is 0 Å². The number of anilines is 1. The molecule has 0 atom stereocenters. The largest absolute Gasteiger partial charge is 0.418 e. The average Bonchev–Trinajstić information content (AvgIpc) is 3.08. The minimum absolute atomic E-state index is 0.0722. The van der Waals surface area contributed by atoms with Crippen LogP contribution in [0.3, 0.4) is 0 Å². The minimum atomic E-state index is -4.58. The first-order valence-corrected chi connectivity index (χ1v) is 10.2. The Balaban J connectivity index is 1.55. The molecule has 5 nitrogen and oxygen atoms in total. The van der Waals surface area contributed by atoms with E-state index in [0.717, 1.165) is 20.6 Å². The second-order valence-corrected chi connectivity index (χ2v) is 8.33. The first-order valence-electron chi connectivity index (χ1n) is 8.42. The van der Waals surface area contributed by atoms with Crippen molar-refractivity contribution in [2.45, 2.75) is 10.5 Å². The summed E-state index contributed by atoms with van der Waals surface area (Å²) in [6, 6.07) is 12.3. The van der Waals surface area contributed by atoms with Gasteiger partial charge in [-0.2, -0.15) is 13.2 Å². The van der Waals surface area contributed by atoms with E-state index in [-0.39, 0.29) is 23.9 Å². The predicted molar refractivity (Wildman–Crippen MR) is 108 cm³/mol. The van der Waals surface area contributed by atoms with Crippen LogP contribution >= 0.6 is 23.1 Å². The summed E-state index contributed by atoms with van der Waals surface area (Å²) in [7, 11) is 1.43. The van der Waals surface area contributed by atoms with Gasteiger partial charge in [0.25, 0.3) is 0 Å². The molecule has 0 spiro atoms. The number of rotatable bonds is 6. The number of aromatic nitrogens is 1. The van der Waals surface area contributed by atoms with E-state index in [4.69, 9.17) is 0 Å². The zero-order valence-electron chi connectivity index (χ0n) is 15.2. The summed E-state index contributed by atoms with van der Waals surface area (Å²) in [5, 5.41) is 2.22. The highest BCUT2D eigenvalue weighted by molar-refractivity contribution is 8.01. The number of likely N-dealkylation sites (N-methyl/N-ethyl adjacent to an activating group) is 1. The highest BCUT2D eigenvalue weighted by Crippen LogP contribution is 2.34. The molecule has 0 fully saturated rings. The number of halogens is 3. The molecule has 0 saturated heterocycles. The van der Waals surface area contributed by atoms with Gasteiger partial charge in [0.2, 0.25) is 11.8 Å². The highest BCUT2D eigenvalue weighted by Gasteiger charge is 2.33. The molecule has 3 rings (SSSR count). The van der Waals surface area contributed by atoms with Crippen LogP contribution in [0.25, 0.3) is 10.2 Å². The van der Waals surface area contributed by atoms with Gasteiger partial charge >= 0.3 is 6.18 Å². The second kappa shape index (κ2) is 8.83. The molecule has 0 aliphatic heterocycles. The van der Waals surface area contributed by atoms with E-state index in [1.54, 1.807) is 0 Å². The second-order valence-electron chi connectivity index (χ2n) is 6.08. The molecule has 2 aromatic carbocycles. The molecule has 2 amide bonds. The van der Waals surface area contributed by atoms with Crippen molar-refractivity contribution in [1.29, 1.82) is 0 Å². The van der Waals surface area contributed by atoms with Crippen LogP contribution in [0.4, 0.5) is 18.9 Å². The van der Waals surface area contributed by atoms with E-state index in [2.05, 4.69) is 10.3 Å². The van der Waals surface area contributed by atoms with Gasteiger partial charge in [-0.1, -0.05) is 36.0 Å². The van der Waals surface area contributed by atoms with Crippen LogP contribution < -0.4 is 5.32 Å². The Labute approximate surface area is 172 Å². The van der Waals surface area contributed by atoms with Crippen LogP contribution in [0.5, 0.6) is 0 Å². The fraction of sp³-hybridized carbons (Fsp3) is 0.211. The summed E-state index contributed by atoms with van der Waals surface area (Å²) in [6.45, 7) is -0.356. The molecule has 1 N–H and O–H groups in total. The smallest absolute Gasteiger partial charge is 0.336 e. The first-order chi connectivity index (χ1) is 13.7. The van der Waals surface area contributed by atoms with Crippen molar-refractivity contribution in [3.63, 3.8) is 0 Å². The number of carbonyl (C=O) groups excluding carboxylic acids is 2. The zero-order valence-corrected chi connectivity index (χ0v) is 16.8. The van der Waals surface area contributed by atoms with Gasteiger partial charge in [-0.3, -0.25) is 9.59 Å². The number of thiazole rings is 1. The number of nitrogens with one attached hydrogen (secondary N) is 1. The predicted octanol–water partition coefficient (Wildman–Crippen LogP) is 4.50. The van der Waals surface area contributed by atoms with Gasteiger partial charge < -0.3 is 10.2 Å². The highest BCUT2D eigenvalue weighted by atomic mass is 32.2. The molecule has 0 bridgehead atoms. The quantitative estimate of drug-likeness (QED) is 0.575. The number of hydrogen-bond donors (Lipinski definition) is 1. The van der Waals surface area contributed by atoms with Gasteiger partial charge in [0.15, 0.2) is 4.34 Å². The third-order valence-electron chi connectivity index (χ3n) is 3.91. The maximum Gasteiger partial charge on any atom is 0.418 e. The van der Waals surface area contributed by atoms with Crippen molar-refractivity contribution < 1.29 is 22.8 Å². The molecule has 0 radical (unpaired) electrons. The van der Waals surface area contributed by atoms with E-state index in [1.807, 2.05) is 24.3 Å². The van der Waals surface area contributed by atoms with Crippen molar-refractivity contribution in [2.75, 3.05) is 24.7 Å². The molecular weight excluding hydrogens is 423 g/mol. The minimum Gasteiger partial charge on any atom is -0.336 e. The fourth-order valence-electron chi connectivity index (χ4n) is 2.48. The van der Waals surface area contributed by atoms with E-state index < -0.39 is 17.6 Å². The monoisotopic (exact) mass is 439 g/mol. The molecule has 0 aliphatic carbocycles. The summed E-state index contributed by atoms with van der Waals surface area (Å²) in [4.78, 5) is 30.0. The van der Waals surface area contributed by atoms with Gasteiger partial charge in [0.05, 0.1) is 33.8 Å². The van der Waals surface area contributed by atoms with Crippen molar-refractivity contribution in [3.05, 3.63) is 54.1 Å². The Kier molecular flexibility index (Phi) is 6.43. The van der Waals surface area contributed by atoms with Gasteiger partial charge in [-0.25, -0.2) is 4.98 Å². The molecule has 0 saturated carbocycles. The number of thioether (sulfide) groups is 1. The molecular formula is C19H16F3N3O2S2. The van der Waals surface area contributed by atoms with E-state index in [1.165, 1.54) is 53.2 Å². The van der Waals surface area contributed by atoms with Crippen molar-refractivity contribution >= 4 is 50.8 Å². The van der Waals surface area contributed by atoms with Crippen molar-refractivity contribution in [2.24, 2.45) is 0 Å². The molecule has 3 aromatic rings. The van der Waals surface area contributed by atoms with E-state index >= 15 is 0 Å². The third-order valence-corrected chi connectivity index (χ3v) is 6.07. The van der Waals surface area contributed by atoms with Crippen LogP contribution in [0.1, 0.15) is 5.56 Å². The summed E-state index contributed by atoms with van der Waals surface area (Å²) in [5.41, 5.74) is -0.424. The maximum atomic E-state index is 13.0. The molecule has 1 aromatic heterocycles. The Hall–Kier alpha value is -2.59. The number of carbonyl (C=O) groups is 2. The lowest BCUT2D eigenvalue weighted by molar-refractivity contribution is -0.137. The van der Waals surface area contributed by atoms with E-state index in [9.17, 15) is 22.8 Å². The number of alkyl halides is 3. The number of benzene rings is 2.